The number of nitriles is 1. The van der Waals surface area contributed by atoms with E-state index in [1.165, 1.54) is 23.5 Å². The van der Waals surface area contributed by atoms with Gasteiger partial charge in [-0.3, -0.25) is 0 Å². The minimum atomic E-state index is -3.57. The molecule has 0 saturated heterocycles. The SMILES string of the molecule is CN(Cc1nccn1C)S(=O)(=O)c1ccc(CC#N)cc1. The third kappa shape index (κ3) is 3.29. The van der Waals surface area contributed by atoms with Gasteiger partial charge in [0.05, 0.1) is 23.9 Å². The Hall–Kier alpha value is -2.17. The number of sulfonamides is 1. The van der Waals surface area contributed by atoms with Crippen LogP contribution >= 0.6 is 0 Å². The summed E-state index contributed by atoms with van der Waals surface area (Å²) < 4.78 is 28.0. The molecule has 7 heteroatoms. The van der Waals surface area contributed by atoms with Gasteiger partial charge in [0.1, 0.15) is 5.82 Å². The first-order chi connectivity index (χ1) is 9.95. The molecule has 0 radical (unpaired) electrons. The molecule has 2 aromatic rings. The Labute approximate surface area is 124 Å². The fraction of sp³-hybridized carbons (Fsp3) is 0.286. The van der Waals surface area contributed by atoms with Gasteiger partial charge >= 0.3 is 0 Å². The molecule has 21 heavy (non-hydrogen) atoms. The predicted molar refractivity (Wildman–Crippen MR) is 77.6 cm³/mol. The van der Waals surface area contributed by atoms with Crippen molar-refractivity contribution in [2.24, 2.45) is 7.05 Å². The maximum atomic E-state index is 12.5. The first-order valence-electron chi connectivity index (χ1n) is 6.33. The van der Waals surface area contributed by atoms with Crippen molar-refractivity contribution in [1.82, 2.24) is 13.9 Å². The van der Waals surface area contributed by atoms with Crippen LogP contribution in [0.15, 0.2) is 41.6 Å². The van der Waals surface area contributed by atoms with Gasteiger partial charge in [0.2, 0.25) is 10.0 Å². The lowest BCUT2D eigenvalue weighted by molar-refractivity contribution is 0.451. The van der Waals surface area contributed by atoms with Crippen LogP contribution in [0.5, 0.6) is 0 Å². The Bertz CT molecular complexity index is 757. The van der Waals surface area contributed by atoms with E-state index in [-0.39, 0.29) is 17.9 Å². The molecule has 0 amide bonds. The molecule has 110 valence electrons. The second-order valence-corrected chi connectivity index (χ2v) is 6.74. The molecule has 0 spiro atoms. The van der Waals surface area contributed by atoms with Crippen LogP contribution in [0, 0.1) is 11.3 Å². The zero-order valence-electron chi connectivity index (χ0n) is 11.9. The van der Waals surface area contributed by atoms with Crippen molar-refractivity contribution in [2.45, 2.75) is 17.9 Å². The van der Waals surface area contributed by atoms with Crippen LogP contribution in [0.1, 0.15) is 11.4 Å². The Balaban J connectivity index is 2.21. The number of aryl methyl sites for hydroxylation is 1. The van der Waals surface area contributed by atoms with Crippen molar-refractivity contribution in [1.29, 1.82) is 5.26 Å². The zero-order valence-corrected chi connectivity index (χ0v) is 12.7. The van der Waals surface area contributed by atoms with Crippen molar-refractivity contribution in [3.8, 4) is 6.07 Å². The summed E-state index contributed by atoms with van der Waals surface area (Å²) in [7, 11) is -0.226. The molecule has 0 aliphatic heterocycles. The summed E-state index contributed by atoms with van der Waals surface area (Å²) in [5.74, 6) is 0.669. The van der Waals surface area contributed by atoms with Crippen LogP contribution in [0.3, 0.4) is 0 Å². The maximum Gasteiger partial charge on any atom is 0.243 e. The van der Waals surface area contributed by atoms with Crippen LogP contribution in [0.4, 0.5) is 0 Å². The summed E-state index contributed by atoms with van der Waals surface area (Å²) in [4.78, 5) is 4.33. The van der Waals surface area contributed by atoms with E-state index in [2.05, 4.69) is 4.98 Å². The summed E-state index contributed by atoms with van der Waals surface area (Å²) in [6.07, 6.45) is 3.67. The van der Waals surface area contributed by atoms with E-state index < -0.39 is 10.0 Å². The molecular weight excluding hydrogens is 288 g/mol. The van der Waals surface area contributed by atoms with Gasteiger partial charge in [-0.15, -0.1) is 0 Å². The number of imidazole rings is 1. The van der Waals surface area contributed by atoms with E-state index >= 15 is 0 Å². The maximum absolute atomic E-state index is 12.5. The van der Waals surface area contributed by atoms with E-state index in [1.54, 1.807) is 29.1 Å². The van der Waals surface area contributed by atoms with Gasteiger partial charge in [0.15, 0.2) is 0 Å². The van der Waals surface area contributed by atoms with Crippen LogP contribution in [-0.4, -0.2) is 29.3 Å². The molecule has 0 atom stereocenters. The molecule has 1 aromatic heterocycles. The van der Waals surface area contributed by atoms with Crippen LogP contribution in [0.25, 0.3) is 0 Å². The van der Waals surface area contributed by atoms with E-state index in [0.29, 0.717) is 5.82 Å². The zero-order chi connectivity index (χ0) is 15.5. The smallest absolute Gasteiger partial charge is 0.243 e. The third-order valence-electron chi connectivity index (χ3n) is 3.20. The molecule has 2 rings (SSSR count). The van der Waals surface area contributed by atoms with E-state index in [9.17, 15) is 8.42 Å². The monoisotopic (exact) mass is 304 g/mol. The van der Waals surface area contributed by atoms with Gasteiger partial charge in [0, 0.05) is 26.5 Å². The quantitative estimate of drug-likeness (QED) is 0.834. The highest BCUT2D eigenvalue weighted by Crippen LogP contribution is 2.17. The molecule has 0 fully saturated rings. The minimum absolute atomic E-state index is 0.200. The predicted octanol–water partition coefficient (Wildman–Crippen LogP) is 1.31. The second-order valence-electron chi connectivity index (χ2n) is 4.69. The molecule has 1 heterocycles. The summed E-state index contributed by atoms with van der Waals surface area (Å²) in [5, 5.41) is 8.62. The van der Waals surface area contributed by atoms with Gasteiger partial charge < -0.3 is 4.57 Å². The second kappa shape index (κ2) is 6.08. The topological polar surface area (TPSA) is 79.0 Å². The highest BCUT2D eigenvalue weighted by Gasteiger charge is 2.21. The van der Waals surface area contributed by atoms with Crippen molar-refractivity contribution in [3.63, 3.8) is 0 Å². The van der Waals surface area contributed by atoms with E-state index in [0.717, 1.165) is 5.56 Å². The lowest BCUT2D eigenvalue weighted by atomic mass is 10.2. The molecule has 0 aliphatic rings. The highest BCUT2D eigenvalue weighted by molar-refractivity contribution is 7.89. The summed E-state index contributed by atoms with van der Waals surface area (Å²) in [6, 6.07) is 8.39. The molecule has 0 aliphatic carbocycles. The molecule has 0 N–H and O–H groups in total. The standard InChI is InChI=1S/C14H16N4O2S/c1-17-10-9-16-14(17)11-18(2)21(19,20)13-5-3-12(4-6-13)7-8-15/h3-6,9-10H,7,11H2,1-2H3. The average molecular weight is 304 g/mol. The average Bonchev–Trinajstić information content (AvgIpc) is 2.85. The Morgan fingerprint density at radius 1 is 1.33 bits per heavy atom. The summed E-state index contributed by atoms with van der Waals surface area (Å²) in [6.45, 7) is 0.200. The van der Waals surface area contributed by atoms with Crippen molar-refractivity contribution in [2.75, 3.05) is 7.05 Å². The van der Waals surface area contributed by atoms with E-state index in [1.807, 2.05) is 13.1 Å². The lowest BCUT2D eigenvalue weighted by Crippen LogP contribution is -2.27. The molecule has 0 bridgehead atoms. The van der Waals surface area contributed by atoms with Gasteiger partial charge in [-0.05, 0) is 17.7 Å². The fourth-order valence-corrected chi connectivity index (χ4v) is 3.01. The van der Waals surface area contributed by atoms with Crippen LogP contribution < -0.4 is 0 Å². The van der Waals surface area contributed by atoms with Gasteiger partial charge in [-0.25, -0.2) is 13.4 Å². The summed E-state index contributed by atoms with van der Waals surface area (Å²) in [5.41, 5.74) is 0.795. The number of hydrogen-bond donors (Lipinski definition) is 0. The molecule has 1 aromatic carbocycles. The number of nitrogens with zero attached hydrogens (tertiary/aromatic N) is 4. The van der Waals surface area contributed by atoms with Crippen molar-refractivity contribution < 1.29 is 8.42 Å². The van der Waals surface area contributed by atoms with Gasteiger partial charge in [0.25, 0.3) is 0 Å². The molecule has 0 unspecified atom stereocenters. The van der Waals surface area contributed by atoms with E-state index in [4.69, 9.17) is 5.26 Å². The first-order valence-corrected chi connectivity index (χ1v) is 7.77. The lowest BCUT2D eigenvalue weighted by Gasteiger charge is -2.17. The van der Waals surface area contributed by atoms with Crippen LogP contribution in [0.2, 0.25) is 0 Å². The normalized spacial score (nSPS) is 11.5. The van der Waals surface area contributed by atoms with Crippen molar-refractivity contribution >= 4 is 10.0 Å². The number of hydrogen-bond acceptors (Lipinski definition) is 4. The molecule has 0 saturated carbocycles. The fourth-order valence-electron chi connectivity index (χ4n) is 1.88. The third-order valence-corrected chi connectivity index (χ3v) is 5.02. The number of aromatic nitrogens is 2. The molecular formula is C14H16N4O2S. The van der Waals surface area contributed by atoms with Gasteiger partial charge in [-0.1, -0.05) is 12.1 Å². The van der Waals surface area contributed by atoms with Crippen LogP contribution in [-0.2, 0) is 30.0 Å². The Morgan fingerprint density at radius 2 is 2.00 bits per heavy atom. The van der Waals surface area contributed by atoms with Crippen molar-refractivity contribution in [3.05, 3.63) is 48.0 Å². The largest absolute Gasteiger partial charge is 0.337 e. The first kappa shape index (κ1) is 15.2. The highest BCUT2D eigenvalue weighted by atomic mass is 32.2. The molecule has 6 nitrogen and oxygen atoms in total. The summed E-state index contributed by atoms with van der Waals surface area (Å²) >= 11 is 0. The Kier molecular flexibility index (Phi) is 4.40. The minimum Gasteiger partial charge on any atom is -0.337 e. The Morgan fingerprint density at radius 3 is 2.52 bits per heavy atom. The van der Waals surface area contributed by atoms with Gasteiger partial charge in [-0.2, -0.15) is 9.57 Å². The number of benzene rings is 1. The number of rotatable bonds is 5.